The van der Waals surface area contributed by atoms with E-state index in [-0.39, 0.29) is 22.9 Å². The Balaban J connectivity index is 2.15. The van der Waals surface area contributed by atoms with Crippen molar-refractivity contribution >= 4 is 46.6 Å². The molecule has 0 aliphatic carbocycles. The number of benzene rings is 2. The van der Waals surface area contributed by atoms with Crippen LogP contribution in [0.4, 0.5) is 11.4 Å². The first-order chi connectivity index (χ1) is 17.7. The van der Waals surface area contributed by atoms with Crippen molar-refractivity contribution in [3.63, 3.8) is 0 Å². The summed E-state index contributed by atoms with van der Waals surface area (Å²) in [6, 6.07) is 12.2. The van der Waals surface area contributed by atoms with E-state index in [0.29, 0.717) is 28.5 Å². The van der Waals surface area contributed by atoms with Gasteiger partial charge in [0.2, 0.25) is 5.91 Å². The highest BCUT2D eigenvalue weighted by atomic mass is 32.1. The molecule has 11 nitrogen and oxygen atoms in total. The van der Waals surface area contributed by atoms with Crippen molar-refractivity contribution in [3.8, 4) is 5.75 Å². The van der Waals surface area contributed by atoms with Crippen LogP contribution in [-0.2, 0) is 14.3 Å². The van der Waals surface area contributed by atoms with Crippen molar-refractivity contribution in [2.75, 3.05) is 30.9 Å². The van der Waals surface area contributed by atoms with Crippen LogP contribution in [0.2, 0.25) is 0 Å². The van der Waals surface area contributed by atoms with Crippen LogP contribution in [0.25, 0.3) is 0 Å². The van der Waals surface area contributed by atoms with Crippen LogP contribution >= 0.6 is 11.5 Å². The number of aryl methyl sites for hydroxylation is 1. The average Bonchev–Trinajstić information content (AvgIpc) is 3.28. The van der Waals surface area contributed by atoms with E-state index in [1.807, 2.05) is 6.92 Å². The Morgan fingerprint density at radius 2 is 1.73 bits per heavy atom. The second kappa shape index (κ2) is 12.0. The number of carbonyl (C=O) groups is 4. The molecule has 2 aromatic carbocycles. The largest absolute Gasteiger partial charge is 0.497 e. The van der Waals surface area contributed by atoms with Gasteiger partial charge >= 0.3 is 5.97 Å². The number of aromatic nitrogens is 1. The van der Waals surface area contributed by atoms with E-state index in [0.717, 1.165) is 5.56 Å². The van der Waals surface area contributed by atoms with Gasteiger partial charge in [-0.2, -0.15) is 4.37 Å². The fourth-order valence-corrected chi connectivity index (χ4v) is 4.24. The molecule has 0 saturated carbocycles. The zero-order valence-electron chi connectivity index (χ0n) is 20.5. The number of hydrogen-bond donors (Lipinski definition) is 3. The van der Waals surface area contributed by atoms with E-state index in [4.69, 9.17) is 20.9 Å². The third-order valence-electron chi connectivity index (χ3n) is 5.34. The van der Waals surface area contributed by atoms with Gasteiger partial charge < -0.3 is 26.3 Å². The highest BCUT2D eigenvalue weighted by Crippen LogP contribution is 2.33. The third kappa shape index (κ3) is 6.22. The monoisotopic (exact) mass is 525 g/mol. The first kappa shape index (κ1) is 27.1. The summed E-state index contributed by atoms with van der Waals surface area (Å²) in [6.07, 6.45) is 0. The van der Waals surface area contributed by atoms with E-state index in [2.05, 4.69) is 9.69 Å². The minimum Gasteiger partial charge on any atom is -0.497 e. The average molecular weight is 526 g/mol. The molecule has 1 heterocycles. The molecule has 3 rings (SSSR count). The highest BCUT2D eigenvalue weighted by Gasteiger charge is 2.36. The molecule has 37 heavy (non-hydrogen) atoms. The van der Waals surface area contributed by atoms with Gasteiger partial charge in [-0.05, 0) is 55.2 Å². The molecule has 0 aliphatic heterocycles. The van der Waals surface area contributed by atoms with E-state index in [9.17, 15) is 19.2 Å². The Morgan fingerprint density at radius 3 is 2.27 bits per heavy atom. The standard InChI is InChI=1S/C25H27N5O6S/c1-4-36-18(31)13-28-24(33)21(15-7-11-17(35-3)12-8-15)30(16-9-5-14(2)6-10-16)25(34)22-19(26)20(23(27)32)29-37-22/h5-12,21H,4,13,26H2,1-3H3,(H2,27,32)(H,28,33)/t21-/m1/s1. The molecule has 0 spiro atoms. The normalized spacial score (nSPS) is 11.3. The van der Waals surface area contributed by atoms with E-state index < -0.39 is 36.3 Å². The minimum atomic E-state index is -1.24. The smallest absolute Gasteiger partial charge is 0.325 e. The van der Waals surface area contributed by atoms with Crippen LogP contribution in [-0.4, -0.2) is 48.3 Å². The van der Waals surface area contributed by atoms with Gasteiger partial charge in [0.25, 0.3) is 11.8 Å². The number of primary amides is 1. The van der Waals surface area contributed by atoms with Crippen molar-refractivity contribution in [3.05, 3.63) is 70.2 Å². The Labute approximate surface area is 217 Å². The zero-order valence-corrected chi connectivity index (χ0v) is 21.3. The molecule has 1 atom stereocenters. The molecule has 12 heteroatoms. The molecule has 0 aliphatic rings. The maximum Gasteiger partial charge on any atom is 0.325 e. The maximum absolute atomic E-state index is 13.9. The molecule has 0 fully saturated rings. The Kier molecular flexibility index (Phi) is 8.80. The molecule has 194 valence electrons. The summed E-state index contributed by atoms with van der Waals surface area (Å²) in [7, 11) is 1.50. The molecule has 0 bridgehead atoms. The van der Waals surface area contributed by atoms with E-state index >= 15 is 0 Å². The van der Waals surface area contributed by atoms with Gasteiger partial charge in [-0.1, -0.05) is 29.8 Å². The summed E-state index contributed by atoms with van der Waals surface area (Å²) < 4.78 is 14.1. The predicted molar refractivity (Wildman–Crippen MR) is 138 cm³/mol. The lowest BCUT2D eigenvalue weighted by Crippen LogP contribution is -2.45. The number of nitrogens with one attached hydrogen (secondary N) is 1. The molecular weight excluding hydrogens is 498 g/mol. The summed E-state index contributed by atoms with van der Waals surface area (Å²) in [6.45, 7) is 3.28. The van der Waals surface area contributed by atoms with E-state index in [1.165, 1.54) is 12.0 Å². The van der Waals surface area contributed by atoms with Crippen LogP contribution < -0.4 is 26.4 Å². The first-order valence-corrected chi connectivity index (χ1v) is 12.0. The lowest BCUT2D eigenvalue weighted by atomic mass is 10.0. The number of methoxy groups -OCH3 is 1. The summed E-state index contributed by atoms with van der Waals surface area (Å²) in [4.78, 5) is 52.3. The van der Waals surface area contributed by atoms with Gasteiger partial charge in [-0.15, -0.1) is 0 Å². The number of esters is 1. The molecule has 1 aromatic heterocycles. The topological polar surface area (TPSA) is 167 Å². The van der Waals surface area contributed by atoms with Gasteiger partial charge in [0, 0.05) is 5.69 Å². The number of ether oxygens (including phenoxy) is 2. The van der Waals surface area contributed by atoms with Crippen LogP contribution in [0.3, 0.4) is 0 Å². The SMILES string of the molecule is CCOC(=O)CNC(=O)[C@@H](c1ccc(OC)cc1)N(C(=O)c1snc(C(N)=O)c1N)c1ccc(C)cc1. The molecular formula is C25H27N5O6S. The van der Waals surface area contributed by atoms with Gasteiger partial charge in [-0.25, -0.2) is 0 Å². The molecule has 0 radical (unpaired) electrons. The van der Waals surface area contributed by atoms with E-state index in [1.54, 1.807) is 55.5 Å². The van der Waals surface area contributed by atoms with Crippen LogP contribution in [0, 0.1) is 6.92 Å². The number of nitrogen functional groups attached to an aromatic ring is 1. The Bertz CT molecular complexity index is 1290. The van der Waals surface area contributed by atoms with Gasteiger partial charge in [0.05, 0.1) is 19.4 Å². The summed E-state index contributed by atoms with van der Waals surface area (Å²) in [5, 5.41) is 2.54. The van der Waals surface area contributed by atoms with Gasteiger partial charge in [-0.3, -0.25) is 24.1 Å². The van der Waals surface area contributed by atoms with Crippen molar-refractivity contribution in [2.45, 2.75) is 19.9 Å². The molecule has 3 aromatic rings. The van der Waals surface area contributed by atoms with Crippen molar-refractivity contribution < 1.29 is 28.7 Å². The number of anilines is 2. The lowest BCUT2D eigenvalue weighted by molar-refractivity contribution is -0.143. The molecule has 0 saturated heterocycles. The number of amides is 3. The van der Waals surface area contributed by atoms with Crippen LogP contribution in [0.15, 0.2) is 48.5 Å². The van der Waals surface area contributed by atoms with Crippen molar-refractivity contribution in [2.24, 2.45) is 5.73 Å². The highest BCUT2D eigenvalue weighted by molar-refractivity contribution is 7.09. The number of carbonyl (C=O) groups excluding carboxylic acids is 4. The Morgan fingerprint density at radius 1 is 1.08 bits per heavy atom. The minimum absolute atomic E-state index is 0.0638. The van der Waals surface area contributed by atoms with Gasteiger partial charge in [0.1, 0.15) is 23.2 Å². The van der Waals surface area contributed by atoms with Crippen LogP contribution in [0.1, 0.15) is 44.3 Å². The molecule has 0 unspecified atom stereocenters. The zero-order chi connectivity index (χ0) is 27.1. The fourth-order valence-electron chi connectivity index (χ4n) is 3.50. The number of nitrogens with two attached hydrogens (primary N) is 2. The molecule has 3 amide bonds. The molecule has 5 N–H and O–H groups in total. The number of nitrogens with zero attached hydrogens (tertiary/aromatic N) is 2. The second-order valence-corrected chi connectivity index (χ2v) is 8.62. The number of hydrogen-bond acceptors (Lipinski definition) is 9. The van der Waals surface area contributed by atoms with Gasteiger partial charge in [0.15, 0.2) is 5.69 Å². The summed E-state index contributed by atoms with van der Waals surface area (Å²) in [5.41, 5.74) is 12.7. The predicted octanol–water partition coefficient (Wildman–Crippen LogP) is 2.21. The lowest BCUT2D eigenvalue weighted by Gasteiger charge is -2.31. The Hall–Kier alpha value is -4.45. The second-order valence-electron chi connectivity index (χ2n) is 7.85. The van der Waals surface area contributed by atoms with Crippen LogP contribution in [0.5, 0.6) is 5.75 Å². The quantitative estimate of drug-likeness (QED) is 0.339. The summed E-state index contributed by atoms with van der Waals surface area (Å²) >= 11 is 0.701. The fraction of sp³-hybridized carbons (Fsp3) is 0.240. The van der Waals surface area contributed by atoms with Crippen molar-refractivity contribution in [1.82, 2.24) is 9.69 Å². The maximum atomic E-state index is 13.9. The number of rotatable bonds is 10. The summed E-state index contributed by atoms with van der Waals surface area (Å²) in [5.74, 6) is -2.30. The third-order valence-corrected chi connectivity index (χ3v) is 6.19. The first-order valence-electron chi connectivity index (χ1n) is 11.2. The van der Waals surface area contributed by atoms with Crippen molar-refractivity contribution in [1.29, 1.82) is 0 Å².